The van der Waals surface area contributed by atoms with E-state index in [-0.39, 0.29) is 17.3 Å². The van der Waals surface area contributed by atoms with Gasteiger partial charge in [-0.15, -0.1) is 0 Å². The van der Waals surface area contributed by atoms with Gasteiger partial charge < -0.3 is 4.74 Å². The number of Topliss-reactive ketones (excluding diaryl/α,β-unsaturated/α-hetero) is 1. The minimum atomic E-state index is -0.485. The molecule has 0 radical (unpaired) electrons. The van der Waals surface area contributed by atoms with Gasteiger partial charge in [0.25, 0.3) is 0 Å². The first-order chi connectivity index (χ1) is 7.72. The average Bonchev–Trinajstić information content (AvgIpc) is 2.81. The maximum atomic E-state index is 13.6. The second-order valence-electron chi connectivity index (χ2n) is 3.77. The molecule has 2 rings (SSSR count). The van der Waals surface area contributed by atoms with E-state index in [1.54, 1.807) is 17.8 Å². The van der Waals surface area contributed by atoms with Gasteiger partial charge in [0.15, 0.2) is 5.78 Å². The van der Waals surface area contributed by atoms with E-state index in [0.717, 1.165) is 17.9 Å². The highest BCUT2D eigenvalue weighted by molar-refractivity contribution is 7.99. The number of hydrogen-bond acceptors (Lipinski definition) is 3. The maximum absolute atomic E-state index is 13.6. The van der Waals surface area contributed by atoms with Crippen LogP contribution in [0.15, 0.2) is 18.2 Å². The molecule has 4 heteroatoms. The summed E-state index contributed by atoms with van der Waals surface area (Å²) in [6, 6.07) is 4.40. The summed E-state index contributed by atoms with van der Waals surface area (Å²) >= 11 is 1.75. The van der Waals surface area contributed by atoms with Crippen molar-refractivity contribution in [3.05, 3.63) is 29.6 Å². The van der Waals surface area contributed by atoms with Crippen LogP contribution < -0.4 is 4.74 Å². The van der Waals surface area contributed by atoms with Gasteiger partial charge in [-0.25, -0.2) is 4.39 Å². The lowest BCUT2D eigenvalue weighted by atomic mass is 9.97. The smallest absolute Gasteiger partial charge is 0.169 e. The first-order valence-electron chi connectivity index (χ1n) is 5.18. The Labute approximate surface area is 98.2 Å². The maximum Gasteiger partial charge on any atom is 0.169 e. The van der Waals surface area contributed by atoms with Crippen LogP contribution in [0.2, 0.25) is 0 Å². The van der Waals surface area contributed by atoms with E-state index in [2.05, 4.69) is 0 Å². The van der Waals surface area contributed by atoms with E-state index >= 15 is 0 Å². The number of carbonyl (C=O) groups excluding carboxylic acids is 1. The van der Waals surface area contributed by atoms with Crippen molar-refractivity contribution in [2.24, 2.45) is 5.92 Å². The Morgan fingerprint density at radius 1 is 1.56 bits per heavy atom. The van der Waals surface area contributed by atoms with Crippen LogP contribution in [0.4, 0.5) is 4.39 Å². The molecule has 1 aliphatic heterocycles. The van der Waals surface area contributed by atoms with Gasteiger partial charge in [0, 0.05) is 17.7 Å². The number of halogens is 1. The molecule has 1 saturated heterocycles. The van der Waals surface area contributed by atoms with Gasteiger partial charge in [-0.2, -0.15) is 11.8 Å². The Bertz CT molecular complexity index is 400. The number of carbonyl (C=O) groups is 1. The molecule has 0 aliphatic carbocycles. The molecule has 1 aromatic carbocycles. The first kappa shape index (κ1) is 11.5. The number of benzene rings is 1. The van der Waals surface area contributed by atoms with Gasteiger partial charge in [-0.3, -0.25) is 4.79 Å². The summed E-state index contributed by atoms with van der Waals surface area (Å²) in [5, 5.41) is 0. The largest absolute Gasteiger partial charge is 0.497 e. The lowest BCUT2D eigenvalue weighted by molar-refractivity contribution is 0.0929. The molecule has 0 spiro atoms. The number of thioether (sulfide) groups is 1. The molecule has 0 saturated carbocycles. The van der Waals surface area contributed by atoms with Crippen molar-refractivity contribution in [3.63, 3.8) is 0 Å². The molecule has 16 heavy (non-hydrogen) atoms. The molecule has 2 nitrogen and oxygen atoms in total. The normalized spacial score (nSPS) is 19.8. The molecular formula is C12H13FO2S. The quantitative estimate of drug-likeness (QED) is 0.760. The molecule has 86 valence electrons. The molecule has 0 amide bonds. The second-order valence-corrected chi connectivity index (χ2v) is 4.92. The summed E-state index contributed by atoms with van der Waals surface area (Å²) in [4.78, 5) is 12.0. The van der Waals surface area contributed by atoms with E-state index in [9.17, 15) is 9.18 Å². The predicted molar refractivity (Wildman–Crippen MR) is 62.7 cm³/mol. The molecule has 1 aromatic rings. The van der Waals surface area contributed by atoms with Crippen molar-refractivity contribution in [1.82, 2.24) is 0 Å². The first-order valence-corrected chi connectivity index (χ1v) is 6.33. The van der Waals surface area contributed by atoms with Gasteiger partial charge in [0.05, 0.1) is 12.7 Å². The molecule has 1 heterocycles. The van der Waals surface area contributed by atoms with Crippen molar-refractivity contribution in [2.75, 3.05) is 18.6 Å². The summed E-state index contributed by atoms with van der Waals surface area (Å²) < 4.78 is 18.5. The Morgan fingerprint density at radius 2 is 2.38 bits per heavy atom. The lowest BCUT2D eigenvalue weighted by Crippen LogP contribution is -2.15. The summed E-state index contributed by atoms with van der Waals surface area (Å²) in [7, 11) is 1.48. The SMILES string of the molecule is COc1ccc(C(=O)C2CCSC2)c(F)c1. The van der Waals surface area contributed by atoms with Crippen LogP contribution in [-0.4, -0.2) is 24.4 Å². The number of rotatable bonds is 3. The summed E-state index contributed by atoms with van der Waals surface area (Å²) in [6.45, 7) is 0. The fourth-order valence-electron chi connectivity index (χ4n) is 1.78. The van der Waals surface area contributed by atoms with Crippen molar-refractivity contribution in [1.29, 1.82) is 0 Å². The van der Waals surface area contributed by atoms with E-state index in [0.29, 0.717) is 5.75 Å². The van der Waals surface area contributed by atoms with Crippen molar-refractivity contribution >= 4 is 17.5 Å². The molecule has 1 aliphatic rings. The lowest BCUT2D eigenvalue weighted by Gasteiger charge is -2.09. The monoisotopic (exact) mass is 240 g/mol. The van der Waals surface area contributed by atoms with Gasteiger partial charge in [0.2, 0.25) is 0 Å². The van der Waals surface area contributed by atoms with E-state index in [1.165, 1.54) is 19.2 Å². The fourth-order valence-corrected chi connectivity index (χ4v) is 3.00. The van der Waals surface area contributed by atoms with Crippen LogP contribution in [0.3, 0.4) is 0 Å². The fraction of sp³-hybridized carbons (Fsp3) is 0.417. The molecular weight excluding hydrogens is 227 g/mol. The van der Waals surface area contributed by atoms with Crippen molar-refractivity contribution < 1.29 is 13.9 Å². The third-order valence-electron chi connectivity index (χ3n) is 2.74. The highest BCUT2D eigenvalue weighted by Gasteiger charge is 2.26. The van der Waals surface area contributed by atoms with Crippen molar-refractivity contribution in [3.8, 4) is 5.75 Å². The Morgan fingerprint density at radius 3 is 2.94 bits per heavy atom. The van der Waals surface area contributed by atoms with Crippen LogP contribution in [0.5, 0.6) is 5.75 Å². The molecule has 0 N–H and O–H groups in total. The Balaban J connectivity index is 2.22. The minimum Gasteiger partial charge on any atom is -0.497 e. The topological polar surface area (TPSA) is 26.3 Å². The molecule has 0 bridgehead atoms. The van der Waals surface area contributed by atoms with Crippen LogP contribution >= 0.6 is 11.8 Å². The number of ether oxygens (including phenoxy) is 1. The Kier molecular flexibility index (Phi) is 3.49. The van der Waals surface area contributed by atoms with Crippen LogP contribution in [0, 0.1) is 11.7 Å². The van der Waals surface area contributed by atoms with Crippen LogP contribution in [0.25, 0.3) is 0 Å². The molecule has 1 fully saturated rings. The van der Waals surface area contributed by atoms with Gasteiger partial charge in [-0.05, 0) is 24.3 Å². The third kappa shape index (κ3) is 2.21. The van der Waals surface area contributed by atoms with E-state index in [4.69, 9.17) is 4.74 Å². The number of methoxy groups -OCH3 is 1. The van der Waals surface area contributed by atoms with Crippen LogP contribution in [-0.2, 0) is 0 Å². The summed E-state index contributed by atoms with van der Waals surface area (Å²) in [5.41, 5.74) is 0.188. The highest BCUT2D eigenvalue weighted by Crippen LogP contribution is 2.28. The van der Waals surface area contributed by atoms with Gasteiger partial charge in [-0.1, -0.05) is 0 Å². The standard InChI is InChI=1S/C12H13FO2S/c1-15-9-2-3-10(11(13)6-9)12(14)8-4-5-16-7-8/h2-3,6,8H,4-5,7H2,1H3. The predicted octanol–water partition coefficient (Wildman–Crippen LogP) is 2.77. The molecule has 1 unspecified atom stereocenters. The summed E-state index contributed by atoms with van der Waals surface area (Å²) in [5.74, 6) is 1.66. The highest BCUT2D eigenvalue weighted by atomic mass is 32.2. The Hall–Kier alpha value is -1.03. The van der Waals surface area contributed by atoms with Crippen molar-refractivity contribution in [2.45, 2.75) is 6.42 Å². The van der Waals surface area contributed by atoms with Gasteiger partial charge >= 0.3 is 0 Å². The number of ketones is 1. The zero-order chi connectivity index (χ0) is 11.5. The zero-order valence-corrected chi connectivity index (χ0v) is 9.85. The second kappa shape index (κ2) is 4.87. The van der Waals surface area contributed by atoms with E-state index < -0.39 is 5.82 Å². The van der Waals surface area contributed by atoms with E-state index in [1.807, 2.05) is 0 Å². The molecule has 0 aromatic heterocycles. The van der Waals surface area contributed by atoms with Gasteiger partial charge in [0.1, 0.15) is 11.6 Å². The van der Waals surface area contributed by atoms with Crippen LogP contribution in [0.1, 0.15) is 16.8 Å². The minimum absolute atomic E-state index is 0.0205. The average molecular weight is 240 g/mol. The summed E-state index contributed by atoms with van der Waals surface area (Å²) in [6.07, 6.45) is 0.856. The third-order valence-corrected chi connectivity index (χ3v) is 3.90. The zero-order valence-electron chi connectivity index (χ0n) is 9.03. The molecule has 1 atom stereocenters. The number of hydrogen-bond donors (Lipinski definition) is 0.